The predicted octanol–water partition coefficient (Wildman–Crippen LogP) is 4.60. The van der Waals surface area contributed by atoms with Crippen molar-refractivity contribution in [3.8, 4) is 0 Å². The number of aromatic nitrogens is 5. The number of pyridine rings is 1. The van der Waals surface area contributed by atoms with E-state index in [0.717, 1.165) is 59.3 Å². The Bertz CT molecular complexity index is 1430. The highest BCUT2D eigenvalue weighted by Crippen LogP contribution is 2.28. The molecule has 2 aromatic carbocycles. The molecule has 5 rings (SSSR count). The smallest absolute Gasteiger partial charge is 0.252 e. The molecule has 3 heterocycles. The summed E-state index contributed by atoms with van der Waals surface area (Å²) in [5.41, 5.74) is 4.54. The Labute approximate surface area is 215 Å². The third-order valence-electron chi connectivity index (χ3n) is 7.13. The van der Waals surface area contributed by atoms with E-state index in [0.29, 0.717) is 25.2 Å². The zero-order valence-corrected chi connectivity index (χ0v) is 21.6. The summed E-state index contributed by atoms with van der Waals surface area (Å²) in [7, 11) is 0. The van der Waals surface area contributed by atoms with E-state index >= 15 is 0 Å². The van der Waals surface area contributed by atoms with Gasteiger partial charge in [0.15, 0.2) is 5.82 Å². The Morgan fingerprint density at radius 3 is 2.73 bits per heavy atom. The zero-order chi connectivity index (χ0) is 25.9. The van der Waals surface area contributed by atoms with Gasteiger partial charge in [0.2, 0.25) is 0 Å². The van der Waals surface area contributed by atoms with Gasteiger partial charge in [-0.2, -0.15) is 0 Å². The molecule has 0 bridgehead atoms. The van der Waals surface area contributed by atoms with Crippen LogP contribution in [0.4, 0.5) is 4.39 Å². The number of hydrogen-bond donors (Lipinski definition) is 1. The maximum absolute atomic E-state index is 13.6. The third-order valence-corrected chi connectivity index (χ3v) is 7.13. The van der Waals surface area contributed by atoms with Gasteiger partial charge in [0.1, 0.15) is 5.82 Å². The van der Waals surface area contributed by atoms with Crippen molar-refractivity contribution < 1.29 is 9.13 Å². The Hall–Kier alpha value is -3.43. The highest BCUT2D eigenvalue weighted by atomic mass is 19.1. The number of nitrogens with zero attached hydrogens (tertiary/aromatic N) is 5. The van der Waals surface area contributed by atoms with Gasteiger partial charge in [-0.05, 0) is 84.3 Å². The summed E-state index contributed by atoms with van der Waals surface area (Å²) in [5, 5.41) is 13.7. The fourth-order valence-corrected chi connectivity index (χ4v) is 5.33. The fourth-order valence-electron chi connectivity index (χ4n) is 5.33. The SMILES string of the molecule is CC[C@H](c1nnnn1C[C@H]1CCCO1)N(Cc1ccc(F)cc1)Cc1cc2cc(C)cc(C)c2[nH]c1=O. The molecule has 4 aromatic rings. The minimum atomic E-state index is -0.278. The number of tetrazole rings is 1. The highest BCUT2D eigenvalue weighted by Gasteiger charge is 2.28. The fraction of sp³-hybridized carbons (Fsp3) is 0.429. The van der Waals surface area contributed by atoms with Crippen LogP contribution >= 0.6 is 0 Å². The van der Waals surface area contributed by atoms with Crippen LogP contribution in [0.15, 0.2) is 47.3 Å². The molecule has 8 nitrogen and oxygen atoms in total. The van der Waals surface area contributed by atoms with E-state index < -0.39 is 0 Å². The van der Waals surface area contributed by atoms with E-state index in [4.69, 9.17) is 4.74 Å². The van der Waals surface area contributed by atoms with Gasteiger partial charge >= 0.3 is 0 Å². The van der Waals surface area contributed by atoms with Crippen LogP contribution < -0.4 is 5.56 Å². The molecule has 2 atom stereocenters. The second kappa shape index (κ2) is 10.9. The van der Waals surface area contributed by atoms with Crippen molar-refractivity contribution in [1.29, 1.82) is 0 Å². The lowest BCUT2D eigenvalue weighted by molar-refractivity contribution is 0.0888. The van der Waals surface area contributed by atoms with E-state index in [-0.39, 0.29) is 23.5 Å². The lowest BCUT2D eigenvalue weighted by Gasteiger charge is -2.30. The van der Waals surface area contributed by atoms with E-state index in [2.05, 4.69) is 51.4 Å². The predicted molar refractivity (Wildman–Crippen MR) is 140 cm³/mol. The van der Waals surface area contributed by atoms with Crippen LogP contribution in [0.2, 0.25) is 0 Å². The van der Waals surface area contributed by atoms with Crippen LogP contribution in [0.1, 0.15) is 60.3 Å². The van der Waals surface area contributed by atoms with Gasteiger partial charge in [0.05, 0.1) is 24.2 Å². The van der Waals surface area contributed by atoms with Crippen LogP contribution in [0, 0.1) is 19.7 Å². The maximum atomic E-state index is 13.6. The molecule has 0 aliphatic carbocycles. The summed E-state index contributed by atoms with van der Waals surface area (Å²) >= 11 is 0. The van der Waals surface area contributed by atoms with Crippen molar-refractivity contribution in [1.82, 2.24) is 30.1 Å². The van der Waals surface area contributed by atoms with Gasteiger partial charge in [-0.15, -0.1) is 5.10 Å². The van der Waals surface area contributed by atoms with Gasteiger partial charge in [-0.3, -0.25) is 9.69 Å². The summed E-state index contributed by atoms with van der Waals surface area (Å²) < 4.78 is 21.3. The summed E-state index contributed by atoms with van der Waals surface area (Å²) in [4.78, 5) is 18.5. The number of H-pyrrole nitrogens is 1. The Kier molecular flexibility index (Phi) is 7.43. The van der Waals surface area contributed by atoms with Crippen LogP contribution in [0.25, 0.3) is 10.9 Å². The van der Waals surface area contributed by atoms with Gasteiger partial charge < -0.3 is 9.72 Å². The first-order chi connectivity index (χ1) is 17.9. The van der Waals surface area contributed by atoms with Crippen molar-refractivity contribution in [3.63, 3.8) is 0 Å². The molecule has 1 N–H and O–H groups in total. The molecular weight excluding hydrogens is 471 g/mol. The summed E-state index contributed by atoms with van der Waals surface area (Å²) in [6.07, 6.45) is 2.86. The number of nitrogens with one attached hydrogen (secondary N) is 1. The number of fused-ring (bicyclic) bond motifs is 1. The normalized spacial score (nSPS) is 16.6. The number of hydrogen-bond acceptors (Lipinski definition) is 6. The minimum Gasteiger partial charge on any atom is -0.376 e. The van der Waals surface area contributed by atoms with Crippen molar-refractivity contribution in [2.24, 2.45) is 0 Å². The largest absolute Gasteiger partial charge is 0.376 e. The van der Waals surface area contributed by atoms with Gasteiger partial charge in [0.25, 0.3) is 5.56 Å². The van der Waals surface area contributed by atoms with Crippen molar-refractivity contribution in [2.45, 2.75) is 71.8 Å². The molecular formula is C28H33FN6O2. The average Bonchev–Trinajstić information content (AvgIpc) is 3.55. The summed E-state index contributed by atoms with van der Waals surface area (Å²) in [6, 6.07) is 12.5. The number of ether oxygens (including phenoxy) is 1. The first-order valence-electron chi connectivity index (χ1n) is 12.9. The average molecular weight is 505 g/mol. The number of aryl methyl sites for hydroxylation is 2. The molecule has 0 spiro atoms. The molecule has 0 unspecified atom stereocenters. The van der Waals surface area contributed by atoms with Crippen LogP contribution in [0.3, 0.4) is 0 Å². The Morgan fingerprint density at radius 1 is 1.19 bits per heavy atom. The van der Waals surface area contributed by atoms with Crippen molar-refractivity contribution in [2.75, 3.05) is 6.61 Å². The molecule has 1 fully saturated rings. The molecule has 1 aliphatic heterocycles. The molecule has 194 valence electrons. The molecule has 0 saturated carbocycles. The van der Waals surface area contributed by atoms with E-state index in [1.54, 1.807) is 12.1 Å². The standard InChI is InChI=1S/C28H33FN6O2/c1-4-25(27-31-32-33-35(27)17-24-6-5-11-37-24)34(15-20-7-9-23(29)10-8-20)16-22-14-21-13-18(2)12-19(3)26(21)30-28(22)36/h7-10,12-14,24-25H,4-6,11,15-17H2,1-3H3,(H,30,36)/t24-,25-/m1/s1. The van der Waals surface area contributed by atoms with E-state index in [9.17, 15) is 9.18 Å². The second-order valence-corrected chi connectivity index (χ2v) is 9.98. The van der Waals surface area contributed by atoms with E-state index in [1.165, 1.54) is 12.1 Å². The van der Waals surface area contributed by atoms with Gasteiger partial charge in [0, 0.05) is 25.3 Å². The molecule has 2 aromatic heterocycles. The first-order valence-corrected chi connectivity index (χ1v) is 12.9. The van der Waals surface area contributed by atoms with Crippen molar-refractivity contribution >= 4 is 10.9 Å². The lowest BCUT2D eigenvalue weighted by Crippen LogP contribution is -2.33. The topological polar surface area (TPSA) is 88.9 Å². The first kappa shape index (κ1) is 25.2. The molecule has 0 radical (unpaired) electrons. The van der Waals surface area contributed by atoms with Crippen LogP contribution in [-0.2, 0) is 24.4 Å². The quantitative estimate of drug-likeness (QED) is 0.358. The minimum absolute atomic E-state index is 0.0973. The monoisotopic (exact) mass is 504 g/mol. The second-order valence-electron chi connectivity index (χ2n) is 9.98. The number of rotatable bonds is 9. The third kappa shape index (κ3) is 5.62. The molecule has 1 aliphatic rings. The van der Waals surface area contributed by atoms with Crippen LogP contribution in [-0.4, -0.2) is 42.8 Å². The number of halogens is 1. The molecule has 9 heteroatoms. The molecule has 0 amide bonds. The summed E-state index contributed by atoms with van der Waals surface area (Å²) in [6.45, 7) is 8.41. The van der Waals surface area contributed by atoms with Crippen molar-refractivity contribution in [3.05, 3.63) is 86.7 Å². The van der Waals surface area contributed by atoms with Crippen LogP contribution in [0.5, 0.6) is 0 Å². The molecule has 1 saturated heterocycles. The molecule has 37 heavy (non-hydrogen) atoms. The summed E-state index contributed by atoms with van der Waals surface area (Å²) in [5.74, 6) is 0.462. The number of benzene rings is 2. The maximum Gasteiger partial charge on any atom is 0.252 e. The lowest BCUT2D eigenvalue weighted by atomic mass is 10.0. The number of aromatic amines is 1. The zero-order valence-electron chi connectivity index (χ0n) is 21.6. The highest BCUT2D eigenvalue weighted by molar-refractivity contribution is 5.82. The Morgan fingerprint density at radius 2 is 2.00 bits per heavy atom. The van der Waals surface area contributed by atoms with Gasteiger partial charge in [-0.1, -0.05) is 30.7 Å². The van der Waals surface area contributed by atoms with E-state index in [1.807, 2.05) is 17.7 Å². The Balaban J connectivity index is 1.51. The van der Waals surface area contributed by atoms with Gasteiger partial charge in [-0.25, -0.2) is 9.07 Å².